The van der Waals surface area contributed by atoms with Crippen molar-refractivity contribution in [1.82, 2.24) is 24.1 Å². The number of pyridine rings is 1. The van der Waals surface area contributed by atoms with E-state index in [0.717, 1.165) is 23.8 Å². The molecular weight excluding hydrogens is 637 g/mol. The van der Waals surface area contributed by atoms with Crippen LogP contribution in [0.4, 0.5) is 18.9 Å². The Bertz CT molecular complexity index is 1980. The van der Waals surface area contributed by atoms with Crippen LogP contribution in [0.3, 0.4) is 0 Å². The molecule has 47 heavy (non-hydrogen) atoms. The molecule has 5 heterocycles. The van der Waals surface area contributed by atoms with Gasteiger partial charge < -0.3 is 19.5 Å². The summed E-state index contributed by atoms with van der Waals surface area (Å²) in [5, 5.41) is 7.10. The first-order chi connectivity index (χ1) is 22.5. The second kappa shape index (κ2) is 11.9. The van der Waals surface area contributed by atoms with Crippen LogP contribution in [-0.4, -0.2) is 62.2 Å². The number of halogens is 4. The number of carbonyl (C=O) groups excluding carboxylic acids is 2. The topological polar surface area (TPSA) is 111 Å². The summed E-state index contributed by atoms with van der Waals surface area (Å²) in [5.74, 6) is -0.684. The van der Waals surface area contributed by atoms with E-state index in [4.69, 9.17) is 21.4 Å². The minimum atomic E-state index is -4.58. The Labute approximate surface area is 271 Å². The molecule has 1 N–H and O–H groups in total. The molecule has 1 fully saturated rings. The predicted molar refractivity (Wildman–Crippen MR) is 167 cm³/mol. The van der Waals surface area contributed by atoms with Crippen LogP contribution in [0, 0.1) is 0 Å². The maximum Gasteiger partial charge on any atom is 0.416 e. The van der Waals surface area contributed by atoms with Gasteiger partial charge in [-0.3, -0.25) is 19.4 Å². The van der Waals surface area contributed by atoms with Gasteiger partial charge in [0.25, 0.3) is 11.5 Å². The summed E-state index contributed by atoms with van der Waals surface area (Å²) >= 11 is 6.13. The SMILES string of the molecule is O=C(Cn1c2c(c(=O)n3nc(C4=CCOCC4)cc13)C1(CC2)CCN(C(=O)c2ccccn2)CC1)Nc1ccc(C(F)(F)F)cc1Cl. The lowest BCUT2D eigenvalue weighted by Gasteiger charge is -2.39. The van der Waals surface area contributed by atoms with Gasteiger partial charge in [0.05, 0.1) is 35.2 Å². The van der Waals surface area contributed by atoms with Gasteiger partial charge in [-0.1, -0.05) is 23.7 Å². The molecule has 4 aromatic rings. The zero-order valence-corrected chi connectivity index (χ0v) is 25.9. The van der Waals surface area contributed by atoms with E-state index >= 15 is 0 Å². The maximum atomic E-state index is 14.3. The second-order valence-corrected chi connectivity index (χ2v) is 12.5. The van der Waals surface area contributed by atoms with E-state index in [1.807, 2.05) is 6.08 Å². The lowest BCUT2D eigenvalue weighted by molar-refractivity contribution is -0.137. The average molecular weight is 667 g/mol. The summed E-state index contributed by atoms with van der Waals surface area (Å²) in [6.07, 6.45) is 1.85. The van der Waals surface area contributed by atoms with Crippen LogP contribution >= 0.6 is 11.6 Å². The third-order valence-corrected chi connectivity index (χ3v) is 9.73. The molecule has 0 bridgehead atoms. The van der Waals surface area contributed by atoms with Crippen LogP contribution < -0.4 is 10.9 Å². The van der Waals surface area contributed by atoms with Gasteiger partial charge in [-0.15, -0.1) is 0 Å². The number of fused-ring (bicyclic) bond motifs is 3. The van der Waals surface area contributed by atoms with Crippen molar-refractivity contribution in [2.24, 2.45) is 0 Å². The molecule has 1 aliphatic carbocycles. The van der Waals surface area contributed by atoms with Crippen LogP contribution in [0.25, 0.3) is 11.2 Å². The number of hydrogen-bond acceptors (Lipinski definition) is 6. The number of benzene rings is 1. The highest BCUT2D eigenvalue weighted by atomic mass is 35.5. The number of nitrogens with one attached hydrogen (secondary N) is 1. The van der Waals surface area contributed by atoms with Crippen molar-refractivity contribution in [2.75, 3.05) is 31.6 Å². The number of rotatable bonds is 5. The van der Waals surface area contributed by atoms with Crippen molar-refractivity contribution in [2.45, 2.75) is 50.2 Å². The summed E-state index contributed by atoms with van der Waals surface area (Å²) in [5.41, 5.74) is 2.00. The summed E-state index contributed by atoms with van der Waals surface area (Å²) < 4.78 is 48.1. The van der Waals surface area contributed by atoms with Crippen molar-refractivity contribution in [3.8, 4) is 0 Å². The first kappa shape index (κ1) is 31.1. The molecule has 0 atom stereocenters. The molecule has 14 heteroatoms. The first-order valence-electron chi connectivity index (χ1n) is 15.3. The summed E-state index contributed by atoms with van der Waals surface area (Å²) in [4.78, 5) is 46.8. The molecule has 3 aliphatic rings. The van der Waals surface area contributed by atoms with Gasteiger partial charge in [0.15, 0.2) is 0 Å². The third kappa shape index (κ3) is 5.71. The summed E-state index contributed by atoms with van der Waals surface area (Å²) in [6.45, 7) is 1.61. The Hall–Kier alpha value is -4.49. The van der Waals surface area contributed by atoms with Crippen molar-refractivity contribution >= 4 is 40.3 Å². The van der Waals surface area contributed by atoms with Gasteiger partial charge in [0, 0.05) is 42.0 Å². The highest BCUT2D eigenvalue weighted by Gasteiger charge is 2.46. The first-order valence-corrected chi connectivity index (χ1v) is 15.7. The molecule has 1 spiro atoms. The number of carbonyl (C=O) groups is 2. The Morgan fingerprint density at radius 2 is 1.87 bits per heavy atom. The normalized spacial score (nSPS) is 17.5. The Morgan fingerprint density at radius 3 is 2.55 bits per heavy atom. The molecular formula is C33H30ClF3N6O4. The molecule has 2 amide bonds. The number of nitrogens with zero attached hydrogens (tertiary/aromatic N) is 5. The minimum Gasteiger partial charge on any atom is -0.377 e. The fourth-order valence-corrected chi connectivity index (χ4v) is 7.23. The quantitative estimate of drug-likeness (QED) is 0.317. The zero-order valence-electron chi connectivity index (χ0n) is 25.1. The molecule has 7 rings (SSSR count). The van der Waals surface area contributed by atoms with E-state index in [-0.39, 0.29) is 28.7 Å². The van der Waals surface area contributed by atoms with Gasteiger partial charge in [-0.2, -0.15) is 22.8 Å². The molecule has 2 aliphatic heterocycles. The van der Waals surface area contributed by atoms with Crippen molar-refractivity contribution < 1.29 is 27.5 Å². The van der Waals surface area contributed by atoms with E-state index in [9.17, 15) is 27.6 Å². The van der Waals surface area contributed by atoms with Gasteiger partial charge in [-0.25, -0.2) is 0 Å². The van der Waals surface area contributed by atoms with Crippen molar-refractivity contribution in [3.63, 3.8) is 0 Å². The number of ether oxygens (including phenoxy) is 1. The fourth-order valence-electron chi connectivity index (χ4n) is 7.00. The van der Waals surface area contributed by atoms with Gasteiger partial charge in [0.1, 0.15) is 17.9 Å². The van der Waals surface area contributed by atoms with E-state index in [2.05, 4.69) is 10.3 Å². The second-order valence-electron chi connectivity index (χ2n) is 12.1. The smallest absolute Gasteiger partial charge is 0.377 e. The Morgan fingerprint density at radius 1 is 1.06 bits per heavy atom. The number of amides is 2. The highest BCUT2D eigenvalue weighted by molar-refractivity contribution is 6.33. The fraction of sp³-hybridized carbons (Fsp3) is 0.364. The molecule has 0 radical (unpaired) electrons. The lowest BCUT2D eigenvalue weighted by atomic mass is 9.74. The Kier molecular flexibility index (Phi) is 7.91. The predicted octanol–water partition coefficient (Wildman–Crippen LogP) is 5.13. The average Bonchev–Trinajstić information content (AvgIpc) is 3.68. The number of anilines is 1. The molecule has 3 aromatic heterocycles. The standard InChI is InChI=1S/C33H30ClF3N6O4/c34-22-17-21(33(35,36)37)4-5-23(22)39-27(44)19-42-26-6-9-32(10-13-41(14-11-32)30(45)24-3-1-2-12-38-24)29(26)31(46)43-28(42)18-25(40-43)20-7-15-47-16-8-20/h1-5,7,12,17-18H,6,8-11,13-16,19H2,(H,39,44). The molecule has 10 nitrogen and oxygen atoms in total. The van der Waals surface area contributed by atoms with Gasteiger partial charge in [-0.05, 0) is 68.0 Å². The van der Waals surface area contributed by atoms with Gasteiger partial charge >= 0.3 is 6.18 Å². The minimum absolute atomic E-state index is 0.0429. The van der Waals surface area contributed by atoms with E-state index in [1.165, 1.54) is 4.52 Å². The van der Waals surface area contributed by atoms with Crippen LogP contribution in [-0.2, 0) is 34.1 Å². The maximum absolute atomic E-state index is 14.3. The summed E-state index contributed by atoms with van der Waals surface area (Å²) in [6, 6.07) is 9.74. The van der Waals surface area contributed by atoms with Crippen LogP contribution in [0.2, 0.25) is 5.02 Å². The molecule has 1 saturated heterocycles. The van der Waals surface area contributed by atoms with Crippen molar-refractivity contribution in [1.29, 1.82) is 0 Å². The monoisotopic (exact) mass is 666 g/mol. The molecule has 0 unspecified atom stereocenters. The zero-order chi connectivity index (χ0) is 32.9. The molecule has 244 valence electrons. The van der Waals surface area contributed by atoms with Crippen LogP contribution in [0.1, 0.15) is 58.7 Å². The number of likely N-dealkylation sites (tertiary alicyclic amines) is 1. The number of piperidine rings is 1. The third-order valence-electron chi connectivity index (χ3n) is 9.41. The van der Waals surface area contributed by atoms with E-state index < -0.39 is 23.1 Å². The molecule has 0 saturated carbocycles. The van der Waals surface area contributed by atoms with E-state index in [1.54, 1.807) is 39.9 Å². The molecule has 1 aromatic carbocycles. The number of alkyl halides is 3. The summed E-state index contributed by atoms with van der Waals surface area (Å²) in [7, 11) is 0. The van der Waals surface area contributed by atoms with Crippen LogP contribution in [0.15, 0.2) is 59.5 Å². The largest absolute Gasteiger partial charge is 0.416 e. The number of hydrogen-bond donors (Lipinski definition) is 1. The Balaban J connectivity index is 1.24. The van der Waals surface area contributed by atoms with E-state index in [0.29, 0.717) is 86.7 Å². The van der Waals surface area contributed by atoms with Crippen LogP contribution in [0.5, 0.6) is 0 Å². The van der Waals surface area contributed by atoms with Crippen molar-refractivity contribution in [3.05, 3.63) is 98.3 Å². The lowest BCUT2D eigenvalue weighted by Crippen LogP contribution is -2.46. The number of aromatic nitrogens is 4. The highest BCUT2D eigenvalue weighted by Crippen LogP contribution is 2.45. The van der Waals surface area contributed by atoms with Gasteiger partial charge in [0.2, 0.25) is 5.91 Å².